The SMILES string of the molecule is CCOC(=O)c1cc2c(=O)n3cccc(C)c3nc2n(C)c1=N. The summed E-state index contributed by atoms with van der Waals surface area (Å²) in [5.41, 5.74) is 1.47. The van der Waals surface area contributed by atoms with Gasteiger partial charge in [-0.15, -0.1) is 0 Å². The van der Waals surface area contributed by atoms with Gasteiger partial charge in [-0.3, -0.25) is 14.6 Å². The Morgan fingerprint density at radius 2 is 2.13 bits per heavy atom. The number of carbonyl (C=O) groups excluding carboxylic acids is 1. The van der Waals surface area contributed by atoms with Crippen molar-refractivity contribution in [1.29, 1.82) is 5.41 Å². The molecule has 3 aromatic heterocycles. The zero-order chi connectivity index (χ0) is 16.7. The van der Waals surface area contributed by atoms with E-state index in [-0.39, 0.29) is 28.6 Å². The van der Waals surface area contributed by atoms with Crippen LogP contribution >= 0.6 is 0 Å². The first-order chi connectivity index (χ1) is 11.0. The van der Waals surface area contributed by atoms with Gasteiger partial charge in [0.2, 0.25) is 0 Å². The second-order valence-electron chi connectivity index (χ2n) is 5.23. The number of aryl methyl sites for hydroxylation is 2. The summed E-state index contributed by atoms with van der Waals surface area (Å²) >= 11 is 0. The molecule has 0 saturated carbocycles. The fraction of sp³-hybridized carbons (Fsp3) is 0.250. The van der Waals surface area contributed by atoms with E-state index in [1.54, 1.807) is 26.2 Å². The van der Waals surface area contributed by atoms with Gasteiger partial charge in [0.05, 0.1) is 12.0 Å². The van der Waals surface area contributed by atoms with Crippen molar-refractivity contribution in [2.75, 3.05) is 6.61 Å². The minimum atomic E-state index is -0.622. The van der Waals surface area contributed by atoms with Crippen LogP contribution < -0.4 is 11.0 Å². The molecule has 7 nitrogen and oxygen atoms in total. The molecule has 3 heterocycles. The van der Waals surface area contributed by atoms with Crippen LogP contribution in [-0.4, -0.2) is 26.5 Å². The molecule has 3 rings (SSSR count). The van der Waals surface area contributed by atoms with Gasteiger partial charge in [0.1, 0.15) is 22.3 Å². The number of ether oxygens (including phenoxy) is 1. The lowest BCUT2D eigenvalue weighted by molar-refractivity contribution is 0.0523. The third-order valence-corrected chi connectivity index (χ3v) is 3.76. The van der Waals surface area contributed by atoms with E-state index in [2.05, 4.69) is 4.98 Å². The predicted molar refractivity (Wildman–Crippen MR) is 84.5 cm³/mol. The molecule has 0 aliphatic heterocycles. The number of hydrogen-bond donors (Lipinski definition) is 1. The number of esters is 1. The maximum Gasteiger partial charge on any atom is 0.341 e. The van der Waals surface area contributed by atoms with Crippen LogP contribution in [0.3, 0.4) is 0 Å². The molecule has 0 aromatic carbocycles. The molecule has 118 valence electrons. The summed E-state index contributed by atoms with van der Waals surface area (Å²) < 4.78 is 7.82. The minimum Gasteiger partial charge on any atom is -0.462 e. The number of fused-ring (bicyclic) bond motifs is 2. The molecule has 0 fully saturated rings. The molecule has 0 bridgehead atoms. The molecule has 0 spiro atoms. The summed E-state index contributed by atoms with van der Waals surface area (Å²) in [7, 11) is 1.61. The Morgan fingerprint density at radius 3 is 2.83 bits per heavy atom. The highest BCUT2D eigenvalue weighted by Crippen LogP contribution is 2.12. The van der Waals surface area contributed by atoms with Crippen LogP contribution in [0.4, 0.5) is 0 Å². The van der Waals surface area contributed by atoms with Crippen molar-refractivity contribution < 1.29 is 9.53 Å². The normalized spacial score (nSPS) is 11.1. The van der Waals surface area contributed by atoms with Crippen LogP contribution in [0.5, 0.6) is 0 Å². The van der Waals surface area contributed by atoms with Crippen LogP contribution in [0, 0.1) is 12.3 Å². The lowest BCUT2D eigenvalue weighted by Crippen LogP contribution is -2.29. The lowest BCUT2D eigenvalue weighted by atomic mass is 10.2. The Bertz CT molecular complexity index is 1060. The Balaban J connectivity index is 2.48. The number of carbonyl (C=O) groups is 1. The zero-order valence-corrected chi connectivity index (χ0v) is 13.1. The monoisotopic (exact) mass is 312 g/mol. The fourth-order valence-corrected chi connectivity index (χ4v) is 2.55. The summed E-state index contributed by atoms with van der Waals surface area (Å²) in [5.74, 6) is -0.622. The molecule has 0 atom stereocenters. The Hall–Kier alpha value is -2.96. The van der Waals surface area contributed by atoms with Crippen LogP contribution in [0.2, 0.25) is 0 Å². The van der Waals surface area contributed by atoms with Gasteiger partial charge in [-0.25, -0.2) is 9.78 Å². The summed E-state index contributed by atoms with van der Waals surface area (Å²) in [5, 5.41) is 8.40. The van der Waals surface area contributed by atoms with E-state index in [1.165, 1.54) is 15.0 Å². The Morgan fingerprint density at radius 1 is 1.39 bits per heavy atom. The van der Waals surface area contributed by atoms with Crippen molar-refractivity contribution in [3.05, 3.63) is 51.4 Å². The Labute approximate surface area is 131 Å². The number of nitrogens with zero attached hydrogens (tertiary/aromatic N) is 3. The van der Waals surface area contributed by atoms with E-state index in [1.807, 2.05) is 13.0 Å². The highest BCUT2D eigenvalue weighted by Gasteiger charge is 2.17. The number of aromatic nitrogens is 3. The first-order valence-corrected chi connectivity index (χ1v) is 7.19. The molecule has 23 heavy (non-hydrogen) atoms. The van der Waals surface area contributed by atoms with Gasteiger partial charge in [0, 0.05) is 13.2 Å². The molecule has 3 aromatic rings. The van der Waals surface area contributed by atoms with E-state index >= 15 is 0 Å². The number of nitrogens with one attached hydrogen (secondary N) is 1. The van der Waals surface area contributed by atoms with Crippen molar-refractivity contribution in [3.63, 3.8) is 0 Å². The van der Waals surface area contributed by atoms with Gasteiger partial charge in [-0.1, -0.05) is 6.07 Å². The lowest BCUT2D eigenvalue weighted by Gasteiger charge is -2.11. The largest absolute Gasteiger partial charge is 0.462 e. The summed E-state index contributed by atoms with van der Waals surface area (Å²) in [6.07, 6.45) is 1.63. The summed E-state index contributed by atoms with van der Waals surface area (Å²) in [4.78, 5) is 29.2. The van der Waals surface area contributed by atoms with Crippen LogP contribution in [-0.2, 0) is 11.8 Å². The number of hydrogen-bond acceptors (Lipinski definition) is 5. The van der Waals surface area contributed by atoms with Crippen molar-refractivity contribution in [3.8, 4) is 0 Å². The van der Waals surface area contributed by atoms with Gasteiger partial charge in [-0.2, -0.15) is 0 Å². The van der Waals surface area contributed by atoms with Gasteiger partial charge in [-0.05, 0) is 31.5 Å². The van der Waals surface area contributed by atoms with Gasteiger partial charge in [0.15, 0.2) is 0 Å². The Kier molecular flexibility index (Phi) is 3.48. The molecular formula is C16H16N4O3. The molecule has 0 amide bonds. The van der Waals surface area contributed by atoms with E-state index in [0.29, 0.717) is 11.3 Å². The van der Waals surface area contributed by atoms with Gasteiger partial charge < -0.3 is 9.30 Å². The second-order valence-corrected chi connectivity index (χ2v) is 5.23. The summed E-state index contributed by atoms with van der Waals surface area (Å²) in [6, 6.07) is 5.02. The molecule has 0 aliphatic carbocycles. The molecule has 0 aliphatic rings. The molecule has 0 unspecified atom stereocenters. The van der Waals surface area contributed by atoms with Crippen LogP contribution in [0.25, 0.3) is 16.7 Å². The van der Waals surface area contributed by atoms with Crippen molar-refractivity contribution in [1.82, 2.24) is 14.0 Å². The maximum absolute atomic E-state index is 12.7. The highest BCUT2D eigenvalue weighted by atomic mass is 16.5. The standard InChI is InChI=1S/C16H16N4O3/c1-4-23-16(22)10-8-11-14(19(3)12(10)17)18-13-9(2)6-5-7-20(13)15(11)21/h5-8,17H,4H2,1-3H3. The summed E-state index contributed by atoms with van der Waals surface area (Å²) in [6.45, 7) is 3.76. The molecule has 0 radical (unpaired) electrons. The topological polar surface area (TPSA) is 89.4 Å². The van der Waals surface area contributed by atoms with Gasteiger partial charge >= 0.3 is 5.97 Å². The van der Waals surface area contributed by atoms with E-state index in [4.69, 9.17) is 10.1 Å². The smallest absolute Gasteiger partial charge is 0.341 e. The second kappa shape index (κ2) is 5.35. The van der Waals surface area contributed by atoms with Crippen molar-refractivity contribution >= 4 is 22.6 Å². The highest BCUT2D eigenvalue weighted by molar-refractivity contribution is 5.93. The van der Waals surface area contributed by atoms with E-state index < -0.39 is 5.97 Å². The average molecular weight is 312 g/mol. The quantitative estimate of drug-likeness (QED) is 0.568. The third kappa shape index (κ3) is 2.21. The minimum absolute atomic E-state index is 0.0409. The van der Waals surface area contributed by atoms with Crippen LogP contribution in [0.15, 0.2) is 29.2 Å². The first-order valence-electron chi connectivity index (χ1n) is 7.19. The van der Waals surface area contributed by atoms with Crippen LogP contribution in [0.1, 0.15) is 22.8 Å². The zero-order valence-electron chi connectivity index (χ0n) is 13.1. The average Bonchev–Trinajstić information content (AvgIpc) is 2.52. The fourth-order valence-electron chi connectivity index (χ4n) is 2.55. The molecule has 7 heteroatoms. The third-order valence-electron chi connectivity index (χ3n) is 3.76. The number of rotatable bonds is 2. The first kappa shape index (κ1) is 15.0. The maximum atomic E-state index is 12.7. The molecule has 1 N–H and O–H groups in total. The number of pyridine rings is 2. The predicted octanol–water partition coefficient (Wildman–Crippen LogP) is 1.15. The molecular weight excluding hydrogens is 296 g/mol. The van der Waals surface area contributed by atoms with E-state index in [9.17, 15) is 9.59 Å². The van der Waals surface area contributed by atoms with Gasteiger partial charge in [0.25, 0.3) is 5.56 Å². The van der Waals surface area contributed by atoms with Crippen molar-refractivity contribution in [2.24, 2.45) is 7.05 Å². The van der Waals surface area contributed by atoms with Crippen molar-refractivity contribution in [2.45, 2.75) is 13.8 Å². The van der Waals surface area contributed by atoms with E-state index in [0.717, 1.165) is 5.56 Å². The molecule has 0 saturated heterocycles.